The number of β-amino-alcohol motifs (C(OH)–C–C–N with tert-alkyl or cyclic N) is 2. The summed E-state index contributed by atoms with van der Waals surface area (Å²) in [5.74, 6) is 5.09. The van der Waals surface area contributed by atoms with Gasteiger partial charge in [-0.2, -0.15) is 0 Å². The third kappa shape index (κ3) is 2.33. The van der Waals surface area contributed by atoms with Crippen LogP contribution < -0.4 is 11.3 Å². The highest BCUT2D eigenvalue weighted by Gasteiger charge is 2.33. The molecule has 2 atom stereocenters. The highest BCUT2D eigenvalue weighted by molar-refractivity contribution is 5.92. The standard InChI is InChI=1S/C9H13N5O3/c10-11-8-2-1-5(12-13-8)9(17)14-3-6(15)7(16)4-14/h1-2,6-7,15-16H,3-4,10H2,(H,11,13). The van der Waals surface area contributed by atoms with E-state index in [0.717, 1.165) is 0 Å². The number of aromatic nitrogens is 2. The van der Waals surface area contributed by atoms with Gasteiger partial charge in [0, 0.05) is 13.1 Å². The van der Waals surface area contributed by atoms with Crippen molar-refractivity contribution < 1.29 is 15.0 Å². The van der Waals surface area contributed by atoms with Crippen LogP contribution in [0.3, 0.4) is 0 Å². The summed E-state index contributed by atoms with van der Waals surface area (Å²) >= 11 is 0. The minimum atomic E-state index is -0.906. The molecule has 2 rings (SSSR count). The number of anilines is 1. The minimum absolute atomic E-state index is 0.0958. The third-order valence-electron chi connectivity index (χ3n) is 2.58. The van der Waals surface area contributed by atoms with Gasteiger partial charge in [0.15, 0.2) is 11.5 Å². The summed E-state index contributed by atoms with van der Waals surface area (Å²) in [6, 6.07) is 2.99. The molecule has 8 heteroatoms. The second kappa shape index (κ2) is 4.62. The summed E-state index contributed by atoms with van der Waals surface area (Å²) in [5.41, 5.74) is 2.44. The number of rotatable bonds is 2. The maximum atomic E-state index is 11.9. The van der Waals surface area contributed by atoms with Crippen LogP contribution in [0, 0.1) is 0 Å². The van der Waals surface area contributed by atoms with Crippen molar-refractivity contribution >= 4 is 11.7 Å². The number of hydrogen-bond donors (Lipinski definition) is 4. The van der Waals surface area contributed by atoms with E-state index >= 15 is 0 Å². The lowest BCUT2D eigenvalue weighted by Crippen LogP contribution is -2.30. The first-order valence-electron chi connectivity index (χ1n) is 5.07. The Morgan fingerprint density at radius 3 is 2.47 bits per heavy atom. The zero-order valence-electron chi connectivity index (χ0n) is 8.95. The van der Waals surface area contributed by atoms with E-state index < -0.39 is 12.2 Å². The lowest BCUT2D eigenvalue weighted by atomic mass is 10.3. The van der Waals surface area contributed by atoms with Crippen LogP contribution in [-0.4, -0.2) is 56.5 Å². The first-order valence-corrected chi connectivity index (χ1v) is 5.07. The van der Waals surface area contributed by atoms with Gasteiger partial charge in [0.2, 0.25) is 0 Å². The molecule has 17 heavy (non-hydrogen) atoms. The molecule has 1 aromatic rings. The zero-order chi connectivity index (χ0) is 12.4. The molecule has 2 heterocycles. The fraction of sp³-hybridized carbons (Fsp3) is 0.444. The van der Waals surface area contributed by atoms with E-state index in [1.807, 2.05) is 0 Å². The van der Waals surface area contributed by atoms with Crippen LogP contribution in [-0.2, 0) is 0 Å². The molecule has 1 aliphatic rings. The molecule has 0 aromatic carbocycles. The van der Waals surface area contributed by atoms with Gasteiger partial charge in [-0.15, -0.1) is 10.2 Å². The third-order valence-corrected chi connectivity index (χ3v) is 2.58. The number of hydrazine groups is 1. The van der Waals surface area contributed by atoms with Gasteiger partial charge in [-0.05, 0) is 12.1 Å². The number of amides is 1. The number of nitrogen functional groups attached to an aromatic ring is 1. The van der Waals surface area contributed by atoms with Gasteiger partial charge in [-0.25, -0.2) is 5.84 Å². The maximum Gasteiger partial charge on any atom is 0.274 e. The summed E-state index contributed by atoms with van der Waals surface area (Å²) in [7, 11) is 0. The molecule has 1 fully saturated rings. The van der Waals surface area contributed by atoms with E-state index in [2.05, 4.69) is 15.6 Å². The van der Waals surface area contributed by atoms with E-state index in [4.69, 9.17) is 5.84 Å². The van der Waals surface area contributed by atoms with Gasteiger partial charge in [0.25, 0.3) is 5.91 Å². The molecule has 92 valence electrons. The second-order valence-electron chi connectivity index (χ2n) is 3.79. The van der Waals surface area contributed by atoms with Gasteiger partial charge in [-0.1, -0.05) is 0 Å². The van der Waals surface area contributed by atoms with Crippen molar-refractivity contribution in [3.63, 3.8) is 0 Å². The Morgan fingerprint density at radius 2 is 2.00 bits per heavy atom. The summed E-state index contributed by atoms with van der Waals surface area (Å²) in [6.07, 6.45) is -1.81. The van der Waals surface area contributed by atoms with Gasteiger partial charge in [0.1, 0.15) is 0 Å². The van der Waals surface area contributed by atoms with Crippen LogP contribution in [0.1, 0.15) is 10.5 Å². The normalized spacial score (nSPS) is 23.8. The molecule has 0 saturated carbocycles. The topological polar surface area (TPSA) is 125 Å². The predicted molar refractivity (Wildman–Crippen MR) is 57.8 cm³/mol. The fourth-order valence-electron chi connectivity index (χ4n) is 1.62. The maximum absolute atomic E-state index is 11.9. The van der Waals surface area contributed by atoms with Crippen LogP contribution in [0.2, 0.25) is 0 Å². The van der Waals surface area contributed by atoms with Gasteiger partial charge in [0.05, 0.1) is 12.2 Å². The van der Waals surface area contributed by atoms with Crippen molar-refractivity contribution in [2.75, 3.05) is 18.5 Å². The van der Waals surface area contributed by atoms with Crippen molar-refractivity contribution in [2.24, 2.45) is 5.84 Å². The number of nitrogens with one attached hydrogen (secondary N) is 1. The van der Waals surface area contributed by atoms with E-state index in [0.29, 0.717) is 5.82 Å². The molecule has 1 aliphatic heterocycles. The average Bonchev–Trinajstić information content (AvgIpc) is 2.69. The summed E-state index contributed by atoms with van der Waals surface area (Å²) in [4.78, 5) is 13.2. The number of carbonyl (C=O) groups is 1. The smallest absolute Gasteiger partial charge is 0.274 e. The molecule has 0 spiro atoms. The highest BCUT2D eigenvalue weighted by Crippen LogP contribution is 2.13. The molecular weight excluding hydrogens is 226 g/mol. The van der Waals surface area contributed by atoms with E-state index in [1.165, 1.54) is 17.0 Å². The number of aliphatic hydroxyl groups is 2. The molecule has 0 bridgehead atoms. The molecule has 0 aliphatic carbocycles. The molecule has 5 N–H and O–H groups in total. The monoisotopic (exact) mass is 239 g/mol. The molecule has 2 unspecified atom stereocenters. The van der Waals surface area contributed by atoms with Crippen molar-refractivity contribution in [3.05, 3.63) is 17.8 Å². The number of likely N-dealkylation sites (tertiary alicyclic amines) is 1. The SMILES string of the molecule is NNc1ccc(C(=O)N2CC(O)C(O)C2)nn1. The lowest BCUT2D eigenvalue weighted by molar-refractivity contribution is 0.0572. The van der Waals surface area contributed by atoms with Gasteiger partial charge in [-0.3, -0.25) is 4.79 Å². The fourth-order valence-corrected chi connectivity index (χ4v) is 1.62. The summed E-state index contributed by atoms with van der Waals surface area (Å²) < 4.78 is 0. The van der Waals surface area contributed by atoms with Crippen LogP contribution >= 0.6 is 0 Å². The van der Waals surface area contributed by atoms with Crippen LogP contribution in [0.25, 0.3) is 0 Å². The quantitative estimate of drug-likeness (QED) is 0.345. The summed E-state index contributed by atoms with van der Waals surface area (Å²) in [5, 5.41) is 26.0. The largest absolute Gasteiger partial charge is 0.388 e. The molecule has 1 saturated heterocycles. The summed E-state index contributed by atoms with van der Waals surface area (Å²) in [6.45, 7) is 0.192. The Labute approximate surface area is 97.0 Å². The van der Waals surface area contributed by atoms with Crippen LogP contribution in [0.5, 0.6) is 0 Å². The number of hydrogen-bond acceptors (Lipinski definition) is 7. The molecule has 1 aromatic heterocycles. The Bertz CT molecular complexity index is 400. The van der Waals surface area contributed by atoms with Gasteiger partial charge < -0.3 is 20.5 Å². The average molecular weight is 239 g/mol. The lowest BCUT2D eigenvalue weighted by Gasteiger charge is -2.14. The van der Waals surface area contributed by atoms with Crippen LogP contribution in [0.4, 0.5) is 5.82 Å². The van der Waals surface area contributed by atoms with Crippen molar-refractivity contribution in [3.8, 4) is 0 Å². The number of nitrogens with zero attached hydrogens (tertiary/aromatic N) is 3. The Morgan fingerprint density at radius 1 is 1.35 bits per heavy atom. The number of nitrogens with two attached hydrogens (primary N) is 1. The second-order valence-corrected chi connectivity index (χ2v) is 3.79. The molecular formula is C9H13N5O3. The first-order chi connectivity index (χ1) is 8.11. The number of aliphatic hydroxyl groups excluding tert-OH is 2. The zero-order valence-corrected chi connectivity index (χ0v) is 8.95. The molecule has 1 amide bonds. The van der Waals surface area contributed by atoms with E-state index in [1.54, 1.807) is 0 Å². The number of carbonyl (C=O) groups excluding carboxylic acids is 1. The Hall–Kier alpha value is -1.77. The van der Waals surface area contributed by atoms with Crippen molar-refractivity contribution in [1.82, 2.24) is 15.1 Å². The Balaban J connectivity index is 2.09. The molecule has 0 radical (unpaired) electrons. The van der Waals surface area contributed by atoms with E-state index in [9.17, 15) is 15.0 Å². The Kier molecular flexibility index (Phi) is 3.18. The van der Waals surface area contributed by atoms with Crippen molar-refractivity contribution in [1.29, 1.82) is 0 Å². The molecule has 8 nitrogen and oxygen atoms in total. The highest BCUT2D eigenvalue weighted by atomic mass is 16.3. The predicted octanol–water partition coefficient (Wildman–Crippen LogP) is -2.06. The van der Waals surface area contributed by atoms with Gasteiger partial charge >= 0.3 is 0 Å². The first kappa shape index (κ1) is 11.7. The minimum Gasteiger partial charge on any atom is -0.388 e. The van der Waals surface area contributed by atoms with E-state index in [-0.39, 0.29) is 24.7 Å². The van der Waals surface area contributed by atoms with Crippen molar-refractivity contribution in [2.45, 2.75) is 12.2 Å². The van der Waals surface area contributed by atoms with Crippen LogP contribution in [0.15, 0.2) is 12.1 Å².